The van der Waals surface area contributed by atoms with E-state index in [1.165, 1.54) is 16.4 Å². The van der Waals surface area contributed by atoms with E-state index in [4.69, 9.17) is 0 Å². The van der Waals surface area contributed by atoms with Crippen molar-refractivity contribution < 1.29 is 0 Å². The van der Waals surface area contributed by atoms with Crippen molar-refractivity contribution in [3.8, 4) is 0 Å². The monoisotopic (exact) mass is 200 g/mol. The molecule has 66 valence electrons. The zero-order valence-electron chi connectivity index (χ0n) is 7.04. The summed E-state index contributed by atoms with van der Waals surface area (Å²) in [5.41, 5.74) is 0. The molecule has 1 aliphatic rings. The molecule has 0 amide bonds. The minimum atomic E-state index is 0.748. The number of nitrogens with zero attached hydrogens (tertiary/aromatic N) is 1. The Morgan fingerprint density at radius 2 is 2.50 bits per heavy atom. The molecule has 1 aromatic rings. The molecule has 4 heteroatoms. The fourth-order valence-corrected chi connectivity index (χ4v) is 2.54. The molecule has 0 radical (unpaired) electrons. The van der Waals surface area contributed by atoms with E-state index in [9.17, 15) is 0 Å². The third kappa shape index (κ3) is 2.00. The Morgan fingerprint density at radius 1 is 1.67 bits per heavy atom. The van der Waals surface area contributed by atoms with Crippen molar-refractivity contribution in [2.45, 2.75) is 19.5 Å². The van der Waals surface area contributed by atoms with Crippen LogP contribution in [0.4, 0.5) is 0 Å². The standard InChI is InChI=1S/C8H12N2S2/c1-6-9-2-8(12-6)3-10-7-4-11-5-7/h2,7,10H,3-5H2,1H3. The van der Waals surface area contributed by atoms with E-state index in [-0.39, 0.29) is 0 Å². The molecular weight excluding hydrogens is 188 g/mol. The van der Waals surface area contributed by atoms with Gasteiger partial charge in [-0.25, -0.2) is 4.98 Å². The summed E-state index contributed by atoms with van der Waals surface area (Å²) in [5.74, 6) is 2.55. The molecule has 1 saturated heterocycles. The molecule has 0 bridgehead atoms. The first-order valence-electron chi connectivity index (χ1n) is 4.07. The minimum absolute atomic E-state index is 0.748. The molecule has 0 atom stereocenters. The Bertz CT molecular complexity index is 255. The highest BCUT2D eigenvalue weighted by atomic mass is 32.2. The van der Waals surface area contributed by atoms with Gasteiger partial charge in [0.2, 0.25) is 0 Å². The number of aromatic nitrogens is 1. The van der Waals surface area contributed by atoms with Crippen LogP contribution in [0.5, 0.6) is 0 Å². The summed E-state index contributed by atoms with van der Waals surface area (Å²) in [4.78, 5) is 5.56. The first-order valence-corrected chi connectivity index (χ1v) is 6.04. The summed E-state index contributed by atoms with van der Waals surface area (Å²) in [5, 5.41) is 4.66. The van der Waals surface area contributed by atoms with Crippen molar-refractivity contribution in [1.82, 2.24) is 10.3 Å². The lowest BCUT2D eigenvalue weighted by Crippen LogP contribution is -2.39. The average molecular weight is 200 g/mol. The quantitative estimate of drug-likeness (QED) is 0.803. The van der Waals surface area contributed by atoms with Crippen molar-refractivity contribution in [1.29, 1.82) is 0 Å². The normalized spacial score (nSPS) is 17.8. The molecule has 0 aromatic carbocycles. The van der Waals surface area contributed by atoms with E-state index >= 15 is 0 Å². The van der Waals surface area contributed by atoms with Gasteiger partial charge >= 0.3 is 0 Å². The van der Waals surface area contributed by atoms with E-state index in [1.54, 1.807) is 11.3 Å². The summed E-state index contributed by atoms with van der Waals surface area (Å²) < 4.78 is 0. The van der Waals surface area contributed by atoms with Crippen LogP contribution >= 0.6 is 23.1 Å². The van der Waals surface area contributed by atoms with Gasteiger partial charge in [0.1, 0.15) is 0 Å². The van der Waals surface area contributed by atoms with Gasteiger partial charge in [-0.1, -0.05) is 0 Å². The van der Waals surface area contributed by atoms with E-state index < -0.39 is 0 Å². The van der Waals surface area contributed by atoms with Crippen molar-refractivity contribution in [2.24, 2.45) is 0 Å². The second-order valence-electron chi connectivity index (χ2n) is 2.96. The lowest BCUT2D eigenvalue weighted by molar-refractivity contribution is 0.587. The highest BCUT2D eigenvalue weighted by Gasteiger charge is 2.16. The Morgan fingerprint density at radius 3 is 3.00 bits per heavy atom. The maximum Gasteiger partial charge on any atom is 0.0897 e. The molecule has 0 aliphatic carbocycles. The van der Waals surface area contributed by atoms with Gasteiger partial charge in [0.15, 0.2) is 0 Å². The van der Waals surface area contributed by atoms with Crippen LogP contribution in [-0.2, 0) is 6.54 Å². The highest BCUT2D eigenvalue weighted by molar-refractivity contribution is 8.00. The SMILES string of the molecule is Cc1ncc(CNC2CSC2)s1. The zero-order valence-corrected chi connectivity index (χ0v) is 8.67. The van der Waals surface area contributed by atoms with Crippen molar-refractivity contribution >= 4 is 23.1 Å². The molecule has 1 aliphatic heterocycles. The maximum absolute atomic E-state index is 4.21. The van der Waals surface area contributed by atoms with Crippen molar-refractivity contribution in [2.75, 3.05) is 11.5 Å². The largest absolute Gasteiger partial charge is 0.307 e. The van der Waals surface area contributed by atoms with Crippen molar-refractivity contribution in [3.05, 3.63) is 16.1 Å². The lowest BCUT2D eigenvalue weighted by Gasteiger charge is -2.25. The van der Waals surface area contributed by atoms with E-state index in [2.05, 4.69) is 10.3 Å². The molecule has 2 heterocycles. The summed E-state index contributed by atoms with van der Waals surface area (Å²) in [6, 6.07) is 0.748. The van der Waals surface area contributed by atoms with Crippen LogP contribution in [-0.4, -0.2) is 22.5 Å². The smallest absolute Gasteiger partial charge is 0.0897 e. The molecule has 1 fully saturated rings. The molecule has 2 nitrogen and oxygen atoms in total. The molecular formula is C8H12N2S2. The van der Waals surface area contributed by atoms with E-state index in [1.807, 2.05) is 24.9 Å². The summed E-state index contributed by atoms with van der Waals surface area (Å²) in [7, 11) is 0. The van der Waals surface area contributed by atoms with Crippen LogP contribution < -0.4 is 5.32 Å². The molecule has 2 rings (SSSR count). The third-order valence-electron chi connectivity index (χ3n) is 1.87. The Labute approximate surface area is 80.8 Å². The van der Waals surface area contributed by atoms with Crippen LogP contribution in [0.25, 0.3) is 0 Å². The Kier molecular flexibility index (Phi) is 2.68. The summed E-state index contributed by atoms with van der Waals surface area (Å²) in [6.07, 6.45) is 1.97. The lowest BCUT2D eigenvalue weighted by atomic mass is 10.3. The summed E-state index contributed by atoms with van der Waals surface area (Å²) >= 11 is 3.79. The van der Waals surface area contributed by atoms with Gasteiger partial charge in [0, 0.05) is 35.2 Å². The number of aryl methyl sites for hydroxylation is 1. The molecule has 12 heavy (non-hydrogen) atoms. The second kappa shape index (κ2) is 3.77. The Hall–Kier alpha value is -0.0600. The molecule has 0 saturated carbocycles. The van der Waals surface area contributed by atoms with E-state index in [0.29, 0.717) is 0 Å². The number of rotatable bonds is 3. The van der Waals surface area contributed by atoms with Gasteiger partial charge in [0.25, 0.3) is 0 Å². The number of nitrogens with one attached hydrogen (secondary N) is 1. The maximum atomic E-state index is 4.21. The highest BCUT2D eigenvalue weighted by Crippen LogP contribution is 2.18. The first-order chi connectivity index (χ1) is 5.84. The van der Waals surface area contributed by atoms with Crippen molar-refractivity contribution in [3.63, 3.8) is 0 Å². The van der Waals surface area contributed by atoms with E-state index in [0.717, 1.165) is 17.6 Å². The molecule has 1 N–H and O–H groups in total. The predicted octanol–water partition coefficient (Wildman–Crippen LogP) is 1.66. The number of thiazole rings is 1. The van der Waals surface area contributed by atoms with Crippen LogP contribution in [0.2, 0.25) is 0 Å². The van der Waals surface area contributed by atoms with Gasteiger partial charge in [-0.2, -0.15) is 11.8 Å². The fourth-order valence-electron chi connectivity index (χ4n) is 1.09. The van der Waals surface area contributed by atoms with Gasteiger partial charge in [-0.15, -0.1) is 11.3 Å². The first kappa shape index (κ1) is 8.53. The average Bonchev–Trinajstić information content (AvgIpc) is 2.32. The molecule has 1 aromatic heterocycles. The Balaban J connectivity index is 1.79. The van der Waals surface area contributed by atoms with Crippen LogP contribution in [0.15, 0.2) is 6.20 Å². The predicted molar refractivity (Wildman–Crippen MR) is 54.8 cm³/mol. The van der Waals surface area contributed by atoms with Crippen LogP contribution in [0.1, 0.15) is 9.88 Å². The number of thioether (sulfide) groups is 1. The summed E-state index contributed by atoms with van der Waals surface area (Å²) in [6.45, 7) is 3.05. The minimum Gasteiger partial charge on any atom is -0.307 e. The number of hydrogen-bond donors (Lipinski definition) is 1. The zero-order chi connectivity index (χ0) is 8.39. The number of hydrogen-bond acceptors (Lipinski definition) is 4. The van der Waals surface area contributed by atoms with Gasteiger partial charge in [-0.05, 0) is 6.92 Å². The third-order valence-corrected chi connectivity index (χ3v) is 4.06. The van der Waals surface area contributed by atoms with Gasteiger partial charge in [0.05, 0.1) is 5.01 Å². The van der Waals surface area contributed by atoms with Crippen LogP contribution in [0.3, 0.4) is 0 Å². The fraction of sp³-hybridized carbons (Fsp3) is 0.625. The van der Waals surface area contributed by atoms with Crippen LogP contribution in [0, 0.1) is 6.92 Å². The van der Waals surface area contributed by atoms with Gasteiger partial charge < -0.3 is 5.32 Å². The second-order valence-corrected chi connectivity index (χ2v) is 5.36. The topological polar surface area (TPSA) is 24.9 Å². The molecule has 0 unspecified atom stereocenters. The molecule has 0 spiro atoms. The van der Waals surface area contributed by atoms with Gasteiger partial charge in [-0.3, -0.25) is 0 Å².